The summed E-state index contributed by atoms with van der Waals surface area (Å²) in [4.78, 5) is 58.8. The average molecular weight is 497 g/mol. The van der Waals surface area contributed by atoms with Gasteiger partial charge in [-0.25, -0.2) is 0 Å². The zero-order chi connectivity index (χ0) is 24.9. The minimum Gasteiger partial charge on any atom is -0.463 e. The molecule has 0 heterocycles. The van der Waals surface area contributed by atoms with Crippen LogP contribution in [0.5, 0.6) is 0 Å². The second-order valence-corrected chi connectivity index (χ2v) is 9.96. The Hall–Kier alpha value is -1.95. The molecule has 0 aromatic carbocycles. The molecule has 0 bridgehead atoms. The van der Waals surface area contributed by atoms with E-state index in [4.69, 9.17) is 23.7 Å². The number of carbonyl (C=O) groups is 5. The van der Waals surface area contributed by atoms with Gasteiger partial charge in [0.05, 0.1) is 0 Å². The summed E-state index contributed by atoms with van der Waals surface area (Å²) < 4.78 is 25.5. The molecule has 3 atom stereocenters. The molecular formula is C20H32O10S2. The predicted molar refractivity (Wildman–Crippen MR) is 119 cm³/mol. The second-order valence-electron chi connectivity index (χ2n) is 6.51. The summed E-state index contributed by atoms with van der Waals surface area (Å²) in [6.45, 7) is 8.95. The maximum atomic E-state index is 12.1. The van der Waals surface area contributed by atoms with Gasteiger partial charge in [-0.1, -0.05) is 13.8 Å². The van der Waals surface area contributed by atoms with Crippen LogP contribution in [0.3, 0.4) is 0 Å². The van der Waals surface area contributed by atoms with E-state index in [2.05, 4.69) is 0 Å². The summed E-state index contributed by atoms with van der Waals surface area (Å²) in [6, 6.07) is 0. The normalized spacial score (nSPS) is 13.8. The Bertz CT molecular complexity index is 661. The van der Waals surface area contributed by atoms with Crippen molar-refractivity contribution >= 4 is 53.4 Å². The van der Waals surface area contributed by atoms with Gasteiger partial charge >= 0.3 is 29.8 Å². The average Bonchev–Trinajstić information content (AvgIpc) is 2.65. The van der Waals surface area contributed by atoms with Crippen molar-refractivity contribution in [1.82, 2.24) is 0 Å². The fourth-order valence-electron chi connectivity index (χ4n) is 2.78. The third kappa shape index (κ3) is 11.1. The maximum Gasteiger partial charge on any atom is 0.303 e. The highest BCUT2D eigenvalue weighted by molar-refractivity contribution is 8.18. The zero-order valence-corrected chi connectivity index (χ0v) is 21.1. The molecule has 0 saturated heterocycles. The highest BCUT2D eigenvalue weighted by Gasteiger charge is 2.52. The molecule has 0 rings (SSSR count). The van der Waals surface area contributed by atoms with E-state index in [1.807, 2.05) is 13.8 Å². The van der Waals surface area contributed by atoms with Gasteiger partial charge in [-0.05, 0) is 11.5 Å². The van der Waals surface area contributed by atoms with Crippen molar-refractivity contribution in [3.05, 3.63) is 0 Å². The van der Waals surface area contributed by atoms with Crippen LogP contribution in [0.15, 0.2) is 0 Å². The summed E-state index contributed by atoms with van der Waals surface area (Å²) in [7, 11) is 0. The molecule has 0 fully saturated rings. The molecule has 0 aliphatic carbocycles. The molecule has 10 nitrogen and oxygen atoms in total. The number of ether oxygens (including phenoxy) is 5. The van der Waals surface area contributed by atoms with Gasteiger partial charge < -0.3 is 23.7 Å². The van der Waals surface area contributed by atoms with Crippen LogP contribution >= 0.6 is 23.5 Å². The van der Waals surface area contributed by atoms with Crippen LogP contribution in [0.25, 0.3) is 0 Å². The summed E-state index contributed by atoms with van der Waals surface area (Å²) in [5.41, 5.74) is 0. The highest BCUT2D eigenvalue weighted by atomic mass is 32.2. The Morgan fingerprint density at radius 2 is 1.16 bits per heavy atom. The van der Waals surface area contributed by atoms with Crippen molar-refractivity contribution < 1.29 is 47.7 Å². The van der Waals surface area contributed by atoms with Crippen LogP contribution in [-0.4, -0.2) is 77.0 Å². The molecule has 0 N–H and O–H groups in total. The number of hydrogen-bond donors (Lipinski definition) is 0. The number of esters is 5. The van der Waals surface area contributed by atoms with Gasteiger partial charge in [-0.2, -0.15) is 0 Å². The van der Waals surface area contributed by atoms with E-state index in [1.54, 1.807) is 0 Å². The van der Waals surface area contributed by atoms with Crippen LogP contribution in [0, 0.1) is 0 Å². The Balaban J connectivity index is 6.63. The molecule has 0 radical (unpaired) electrons. The summed E-state index contributed by atoms with van der Waals surface area (Å²) >= 11 is 2.65. The van der Waals surface area contributed by atoms with Crippen LogP contribution in [0.2, 0.25) is 0 Å². The van der Waals surface area contributed by atoms with Crippen molar-refractivity contribution in [2.24, 2.45) is 0 Å². The molecule has 0 aromatic rings. The van der Waals surface area contributed by atoms with Crippen LogP contribution < -0.4 is 0 Å². The van der Waals surface area contributed by atoms with Crippen LogP contribution in [-0.2, 0) is 47.7 Å². The lowest BCUT2D eigenvalue weighted by molar-refractivity contribution is -0.191. The topological polar surface area (TPSA) is 132 Å². The van der Waals surface area contributed by atoms with Crippen molar-refractivity contribution in [2.45, 2.75) is 70.9 Å². The number of rotatable bonds is 14. The molecule has 12 heteroatoms. The molecule has 0 aliphatic heterocycles. The Morgan fingerprint density at radius 3 is 1.53 bits per heavy atom. The van der Waals surface area contributed by atoms with Crippen LogP contribution in [0.1, 0.15) is 48.5 Å². The third-order valence-corrected chi connectivity index (χ3v) is 6.68. The number of carbonyl (C=O) groups excluding carboxylic acids is 5. The van der Waals surface area contributed by atoms with E-state index in [0.717, 1.165) is 13.8 Å². The zero-order valence-electron chi connectivity index (χ0n) is 19.5. The van der Waals surface area contributed by atoms with Crippen molar-refractivity contribution in [3.63, 3.8) is 0 Å². The Kier molecular flexibility index (Phi) is 14.1. The lowest BCUT2D eigenvalue weighted by atomic mass is 10.0. The second kappa shape index (κ2) is 15.0. The molecule has 184 valence electrons. The molecule has 0 amide bonds. The van der Waals surface area contributed by atoms with E-state index in [-0.39, 0.29) is 6.61 Å². The third-order valence-electron chi connectivity index (χ3n) is 3.72. The molecule has 0 aliphatic rings. The first-order valence-electron chi connectivity index (χ1n) is 9.94. The maximum absolute atomic E-state index is 12.1. The molecule has 0 spiro atoms. The Morgan fingerprint density at radius 1 is 0.688 bits per heavy atom. The van der Waals surface area contributed by atoms with E-state index in [0.29, 0.717) is 11.5 Å². The van der Waals surface area contributed by atoms with Gasteiger partial charge in [0.2, 0.25) is 0 Å². The van der Waals surface area contributed by atoms with Crippen molar-refractivity contribution in [2.75, 3.05) is 24.7 Å². The first-order chi connectivity index (χ1) is 14.9. The standard InChI is InChI=1S/C20H32O10S2/c1-8-31-20(32-9-2,11-27-13(4)22)19(30-16(7)25)18(29-15(6)24)17(28-14(5)23)10-26-12(3)21/h17-19H,8-11H2,1-7H3/t17-,18+,19-/m1/s1. The highest BCUT2D eigenvalue weighted by Crippen LogP contribution is 2.44. The lowest BCUT2D eigenvalue weighted by Gasteiger charge is -2.42. The van der Waals surface area contributed by atoms with E-state index in [1.165, 1.54) is 44.3 Å². The largest absolute Gasteiger partial charge is 0.463 e. The predicted octanol–water partition coefficient (Wildman–Crippen LogP) is 2.11. The molecule has 0 unspecified atom stereocenters. The minimum absolute atomic E-state index is 0.185. The summed E-state index contributed by atoms with van der Waals surface area (Å²) in [5.74, 6) is -2.30. The van der Waals surface area contributed by atoms with Crippen molar-refractivity contribution in [1.29, 1.82) is 0 Å². The monoisotopic (exact) mass is 496 g/mol. The Labute approximate surface area is 196 Å². The number of thioether (sulfide) groups is 2. The van der Waals surface area contributed by atoms with Gasteiger partial charge in [-0.15, -0.1) is 23.5 Å². The number of hydrogen-bond acceptors (Lipinski definition) is 12. The molecule has 0 saturated carbocycles. The van der Waals surface area contributed by atoms with Gasteiger partial charge in [0.25, 0.3) is 0 Å². The SMILES string of the molecule is CCSC(COC(C)=O)(SCC)[C@H](OC(C)=O)[C@@H](OC(C)=O)[C@@H](COC(C)=O)OC(C)=O. The summed E-state index contributed by atoms with van der Waals surface area (Å²) in [6.07, 6.45) is -3.86. The first-order valence-corrected chi connectivity index (χ1v) is 11.9. The fourth-order valence-corrected chi connectivity index (χ4v) is 5.78. The van der Waals surface area contributed by atoms with Gasteiger partial charge in [0.15, 0.2) is 18.3 Å². The van der Waals surface area contributed by atoms with E-state index >= 15 is 0 Å². The lowest BCUT2D eigenvalue weighted by Crippen LogP contribution is -2.57. The molecular weight excluding hydrogens is 464 g/mol. The van der Waals surface area contributed by atoms with E-state index in [9.17, 15) is 24.0 Å². The smallest absolute Gasteiger partial charge is 0.303 e. The van der Waals surface area contributed by atoms with Crippen LogP contribution in [0.4, 0.5) is 0 Å². The quantitative estimate of drug-likeness (QED) is 0.198. The molecule has 32 heavy (non-hydrogen) atoms. The minimum atomic E-state index is -1.35. The van der Waals surface area contributed by atoms with Gasteiger partial charge in [-0.3, -0.25) is 24.0 Å². The van der Waals surface area contributed by atoms with E-state index < -0.39 is 58.8 Å². The summed E-state index contributed by atoms with van der Waals surface area (Å²) in [5, 5.41) is 0. The van der Waals surface area contributed by atoms with Crippen molar-refractivity contribution in [3.8, 4) is 0 Å². The van der Waals surface area contributed by atoms with Gasteiger partial charge in [0, 0.05) is 34.6 Å². The fraction of sp³-hybridized carbons (Fsp3) is 0.750. The molecule has 0 aromatic heterocycles. The first kappa shape index (κ1) is 30.0. The van der Waals surface area contributed by atoms with Gasteiger partial charge in [0.1, 0.15) is 17.3 Å².